The molecular weight excluding hydrogens is 318 g/mol. The molecule has 2 unspecified atom stereocenters. The third-order valence-electron chi connectivity index (χ3n) is 3.81. The molecule has 6 heteroatoms. The van der Waals surface area contributed by atoms with Crippen LogP contribution in [0.25, 0.3) is 0 Å². The van der Waals surface area contributed by atoms with Gasteiger partial charge in [0.15, 0.2) is 0 Å². The van der Waals surface area contributed by atoms with Crippen LogP contribution in [0.2, 0.25) is 5.02 Å². The van der Waals surface area contributed by atoms with Crippen LogP contribution in [0, 0.1) is 0 Å². The maximum atomic E-state index is 12.4. The van der Waals surface area contributed by atoms with E-state index in [1.165, 1.54) is 4.90 Å². The minimum Gasteiger partial charge on any atom is -0.480 e. The number of hydrogen-bond donors (Lipinski definition) is 1. The molecule has 1 saturated heterocycles. The first kappa shape index (κ1) is 17.6. The van der Waals surface area contributed by atoms with Gasteiger partial charge in [0.25, 0.3) is 0 Å². The Balaban J connectivity index is 2.28. The van der Waals surface area contributed by atoms with E-state index in [0.717, 1.165) is 12.0 Å². The van der Waals surface area contributed by atoms with E-state index >= 15 is 0 Å². The van der Waals surface area contributed by atoms with Crippen LogP contribution in [0.5, 0.6) is 0 Å². The summed E-state index contributed by atoms with van der Waals surface area (Å²) in [4.78, 5) is 25.5. The van der Waals surface area contributed by atoms with E-state index in [-0.39, 0.29) is 5.92 Å². The number of carbonyl (C=O) groups is 2. The standard InChI is InChI=1S/C17H22ClNO4/c1-17(2,3)23-16(22)19-10-4-5-13(14(19)15(20)21)11-6-8-12(18)9-7-11/h6-9,13-14H,4-5,10H2,1-3H3,(H,20,21). The molecule has 23 heavy (non-hydrogen) atoms. The summed E-state index contributed by atoms with van der Waals surface area (Å²) in [6.45, 7) is 5.68. The Bertz CT molecular complexity index is 579. The van der Waals surface area contributed by atoms with Gasteiger partial charge >= 0.3 is 12.1 Å². The average molecular weight is 340 g/mol. The van der Waals surface area contributed by atoms with Crippen molar-refractivity contribution in [1.29, 1.82) is 0 Å². The number of amides is 1. The van der Waals surface area contributed by atoms with Crippen LogP contribution in [-0.2, 0) is 9.53 Å². The highest BCUT2D eigenvalue weighted by atomic mass is 35.5. The molecule has 1 heterocycles. The molecule has 0 spiro atoms. The molecule has 5 nitrogen and oxygen atoms in total. The average Bonchev–Trinajstić information content (AvgIpc) is 2.45. The molecule has 2 rings (SSSR count). The summed E-state index contributed by atoms with van der Waals surface area (Å²) in [6, 6.07) is 6.19. The van der Waals surface area contributed by atoms with Crippen LogP contribution in [0.3, 0.4) is 0 Å². The molecule has 0 radical (unpaired) electrons. The van der Waals surface area contributed by atoms with E-state index in [0.29, 0.717) is 18.0 Å². The fraction of sp³-hybridized carbons (Fsp3) is 0.529. The quantitative estimate of drug-likeness (QED) is 0.887. The fourth-order valence-corrected chi connectivity index (χ4v) is 3.01. The predicted molar refractivity (Wildman–Crippen MR) is 87.8 cm³/mol. The minimum absolute atomic E-state index is 0.272. The third-order valence-corrected chi connectivity index (χ3v) is 4.06. The first-order chi connectivity index (χ1) is 10.7. The SMILES string of the molecule is CC(C)(C)OC(=O)N1CCCC(c2ccc(Cl)cc2)C1C(=O)O. The second-order valence-corrected chi connectivity index (χ2v) is 7.19. The molecule has 1 amide bonds. The van der Waals surface area contributed by atoms with Crippen molar-refractivity contribution in [2.45, 2.75) is 51.2 Å². The largest absolute Gasteiger partial charge is 0.480 e. The second kappa shape index (κ2) is 6.79. The highest BCUT2D eigenvalue weighted by Crippen LogP contribution is 2.34. The van der Waals surface area contributed by atoms with E-state index in [1.54, 1.807) is 32.9 Å². The molecule has 1 aliphatic rings. The first-order valence-corrected chi connectivity index (χ1v) is 8.05. The smallest absolute Gasteiger partial charge is 0.411 e. The van der Waals surface area contributed by atoms with Gasteiger partial charge in [-0.25, -0.2) is 9.59 Å². The number of piperidine rings is 1. The van der Waals surface area contributed by atoms with Gasteiger partial charge in [0.05, 0.1) is 0 Å². The van der Waals surface area contributed by atoms with Gasteiger partial charge in [-0.15, -0.1) is 0 Å². The topological polar surface area (TPSA) is 66.8 Å². The maximum Gasteiger partial charge on any atom is 0.411 e. The second-order valence-electron chi connectivity index (χ2n) is 6.76. The van der Waals surface area contributed by atoms with Gasteiger partial charge in [0.2, 0.25) is 0 Å². The predicted octanol–water partition coefficient (Wildman–Crippen LogP) is 3.91. The van der Waals surface area contributed by atoms with Crippen LogP contribution in [-0.4, -0.2) is 40.3 Å². The number of benzene rings is 1. The molecule has 1 aromatic rings. The molecule has 126 valence electrons. The molecule has 0 aliphatic carbocycles. The van der Waals surface area contributed by atoms with Crippen molar-refractivity contribution in [2.24, 2.45) is 0 Å². The van der Waals surface area contributed by atoms with Crippen molar-refractivity contribution in [3.05, 3.63) is 34.9 Å². The summed E-state index contributed by atoms with van der Waals surface area (Å²) in [5.74, 6) is -1.29. The van der Waals surface area contributed by atoms with E-state index in [9.17, 15) is 14.7 Å². The minimum atomic E-state index is -1.02. The Morgan fingerprint density at radius 2 is 1.87 bits per heavy atom. The van der Waals surface area contributed by atoms with E-state index in [2.05, 4.69) is 0 Å². The first-order valence-electron chi connectivity index (χ1n) is 7.67. The van der Waals surface area contributed by atoms with Crippen molar-refractivity contribution in [1.82, 2.24) is 4.90 Å². The molecule has 0 aromatic heterocycles. The van der Waals surface area contributed by atoms with Gasteiger partial charge < -0.3 is 9.84 Å². The van der Waals surface area contributed by atoms with Gasteiger partial charge in [-0.2, -0.15) is 0 Å². The van der Waals surface area contributed by atoms with Gasteiger partial charge in [-0.05, 0) is 51.3 Å². The van der Waals surface area contributed by atoms with E-state index in [4.69, 9.17) is 16.3 Å². The van der Waals surface area contributed by atoms with Crippen LogP contribution in [0.4, 0.5) is 4.79 Å². The summed E-state index contributed by atoms with van der Waals surface area (Å²) in [6.07, 6.45) is 0.859. The summed E-state index contributed by atoms with van der Waals surface area (Å²) < 4.78 is 5.36. The summed E-state index contributed by atoms with van der Waals surface area (Å²) in [5, 5.41) is 10.3. The molecular formula is C17H22ClNO4. The van der Waals surface area contributed by atoms with E-state index < -0.39 is 23.7 Å². The van der Waals surface area contributed by atoms with Gasteiger partial charge in [0.1, 0.15) is 11.6 Å². The highest BCUT2D eigenvalue weighted by Gasteiger charge is 2.41. The van der Waals surface area contributed by atoms with Gasteiger partial charge in [-0.1, -0.05) is 23.7 Å². The molecule has 2 atom stereocenters. The molecule has 1 fully saturated rings. The Morgan fingerprint density at radius 1 is 1.26 bits per heavy atom. The number of carboxylic acids is 1. The number of halogens is 1. The number of nitrogens with zero attached hydrogens (tertiary/aromatic N) is 1. The lowest BCUT2D eigenvalue weighted by atomic mass is 9.83. The van der Waals surface area contributed by atoms with Crippen LogP contribution < -0.4 is 0 Å². The lowest BCUT2D eigenvalue weighted by molar-refractivity contribution is -0.145. The summed E-state index contributed by atoms with van der Waals surface area (Å²) in [5.41, 5.74) is 0.211. The van der Waals surface area contributed by atoms with Crippen LogP contribution in [0.1, 0.15) is 45.1 Å². The summed E-state index contributed by atoms with van der Waals surface area (Å²) >= 11 is 5.90. The summed E-state index contributed by atoms with van der Waals surface area (Å²) in [7, 11) is 0. The molecule has 1 aliphatic heterocycles. The number of likely N-dealkylation sites (tertiary alicyclic amines) is 1. The maximum absolute atomic E-state index is 12.4. The Labute approximate surface area is 141 Å². The number of aliphatic carboxylic acids is 1. The molecule has 0 bridgehead atoms. The zero-order valence-corrected chi connectivity index (χ0v) is 14.3. The number of ether oxygens (including phenoxy) is 1. The van der Waals surface area contributed by atoms with Crippen LogP contribution in [0.15, 0.2) is 24.3 Å². The van der Waals surface area contributed by atoms with Crippen molar-refractivity contribution in [3.8, 4) is 0 Å². The molecule has 0 saturated carbocycles. The lowest BCUT2D eigenvalue weighted by Crippen LogP contribution is -2.53. The molecule has 1 N–H and O–H groups in total. The fourth-order valence-electron chi connectivity index (χ4n) is 2.89. The van der Waals surface area contributed by atoms with E-state index in [1.807, 2.05) is 12.1 Å². The van der Waals surface area contributed by atoms with Crippen molar-refractivity contribution < 1.29 is 19.4 Å². The van der Waals surface area contributed by atoms with Crippen molar-refractivity contribution in [2.75, 3.05) is 6.54 Å². The van der Waals surface area contributed by atoms with Crippen molar-refractivity contribution >= 4 is 23.7 Å². The zero-order valence-electron chi connectivity index (χ0n) is 13.6. The Morgan fingerprint density at radius 3 is 2.39 bits per heavy atom. The molecule has 1 aromatic carbocycles. The van der Waals surface area contributed by atoms with Crippen LogP contribution >= 0.6 is 11.6 Å². The van der Waals surface area contributed by atoms with Gasteiger partial charge in [-0.3, -0.25) is 4.90 Å². The monoisotopic (exact) mass is 339 g/mol. The lowest BCUT2D eigenvalue weighted by Gasteiger charge is -2.39. The number of hydrogen-bond acceptors (Lipinski definition) is 3. The number of carboxylic acid groups (broad SMARTS) is 1. The normalized spacial score (nSPS) is 21.8. The Hall–Kier alpha value is -1.75. The van der Waals surface area contributed by atoms with Gasteiger partial charge in [0, 0.05) is 17.5 Å². The zero-order chi connectivity index (χ0) is 17.2. The third kappa shape index (κ3) is 4.38. The number of rotatable bonds is 2. The Kier molecular flexibility index (Phi) is 5.19. The van der Waals surface area contributed by atoms with Crippen molar-refractivity contribution in [3.63, 3.8) is 0 Å². The highest BCUT2D eigenvalue weighted by molar-refractivity contribution is 6.30. The number of carbonyl (C=O) groups excluding carboxylic acids is 1.